The van der Waals surface area contributed by atoms with E-state index in [4.69, 9.17) is 9.26 Å². The van der Waals surface area contributed by atoms with E-state index in [9.17, 15) is 19.8 Å². The molecule has 1 amide bonds. The molecule has 31 heavy (non-hydrogen) atoms. The second kappa shape index (κ2) is 7.98. The van der Waals surface area contributed by atoms with Gasteiger partial charge in [-0.25, -0.2) is 0 Å². The number of aliphatic hydroxyl groups excluding tert-OH is 1. The van der Waals surface area contributed by atoms with Gasteiger partial charge in [0.05, 0.1) is 18.2 Å². The van der Waals surface area contributed by atoms with E-state index in [0.29, 0.717) is 29.2 Å². The Labute approximate surface area is 178 Å². The van der Waals surface area contributed by atoms with Crippen LogP contribution in [0.4, 0.5) is 5.82 Å². The molecule has 2 aromatic carbocycles. The lowest BCUT2D eigenvalue weighted by Gasteiger charge is -2.23. The maximum atomic E-state index is 13.0. The van der Waals surface area contributed by atoms with Gasteiger partial charge in [0.25, 0.3) is 5.78 Å². The van der Waals surface area contributed by atoms with Crippen molar-refractivity contribution in [1.82, 2.24) is 5.16 Å². The smallest absolute Gasteiger partial charge is 0.301 e. The molecule has 1 aromatic heterocycles. The number of hydrogen-bond acceptors (Lipinski definition) is 7. The molecule has 8 heteroatoms. The van der Waals surface area contributed by atoms with Crippen molar-refractivity contribution in [2.24, 2.45) is 0 Å². The van der Waals surface area contributed by atoms with E-state index in [0.717, 1.165) is 4.90 Å². The molecule has 1 aliphatic rings. The fourth-order valence-corrected chi connectivity index (χ4v) is 3.58. The topological polar surface area (TPSA) is 113 Å². The SMILES string of the molecule is CCOc1ccc(C(O)=C2C(=O)C(=O)N(c3cc(C)on3)[C@@H]2c2cccc(O)c2)cc1. The first-order valence-electron chi connectivity index (χ1n) is 9.67. The number of rotatable bonds is 5. The molecule has 0 unspecified atom stereocenters. The molecule has 0 aliphatic carbocycles. The summed E-state index contributed by atoms with van der Waals surface area (Å²) >= 11 is 0. The molecule has 0 radical (unpaired) electrons. The number of amides is 1. The number of nitrogens with zero attached hydrogens (tertiary/aromatic N) is 2. The Kier molecular flexibility index (Phi) is 5.21. The standard InChI is InChI=1S/C23H20N2O6/c1-3-30-17-9-7-14(8-10-17)21(27)19-20(15-5-4-6-16(26)12-15)25(23(29)22(19)28)18-11-13(2)31-24-18/h4-12,20,26-27H,3H2,1-2H3/t20-/m1/s1. The zero-order valence-corrected chi connectivity index (χ0v) is 16.9. The molecule has 1 aliphatic heterocycles. The number of ketones is 1. The lowest BCUT2D eigenvalue weighted by atomic mass is 9.95. The lowest BCUT2D eigenvalue weighted by molar-refractivity contribution is -0.132. The predicted octanol–water partition coefficient (Wildman–Crippen LogP) is 3.71. The van der Waals surface area contributed by atoms with E-state index in [1.807, 2.05) is 6.92 Å². The molecule has 158 valence electrons. The number of Topliss-reactive ketones (excluding diaryl/α,β-unsaturated/α-hetero) is 1. The van der Waals surface area contributed by atoms with Gasteiger partial charge in [-0.05, 0) is 55.8 Å². The van der Waals surface area contributed by atoms with Gasteiger partial charge in [0.15, 0.2) is 5.82 Å². The van der Waals surface area contributed by atoms with Gasteiger partial charge in [-0.2, -0.15) is 0 Å². The molecule has 4 rings (SSSR count). The Bertz CT molecular complexity index is 1180. The maximum Gasteiger partial charge on any atom is 0.301 e. The van der Waals surface area contributed by atoms with Crippen LogP contribution in [0.1, 0.15) is 29.9 Å². The van der Waals surface area contributed by atoms with Crippen LogP contribution < -0.4 is 9.64 Å². The Balaban J connectivity index is 1.89. The van der Waals surface area contributed by atoms with E-state index in [-0.39, 0.29) is 22.9 Å². The minimum atomic E-state index is -0.997. The molecule has 0 bridgehead atoms. The number of aliphatic hydroxyl groups is 1. The normalized spacial score (nSPS) is 17.9. The van der Waals surface area contributed by atoms with Gasteiger partial charge in [-0.1, -0.05) is 17.3 Å². The van der Waals surface area contributed by atoms with Crippen LogP contribution in [0.15, 0.2) is 64.7 Å². The number of aryl methyl sites for hydroxylation is 1. The highest BCUT2D eigenvalue weighted by atomic mass is 16.5. The second-order valence-electron chi connectivity index (χ2n) is 7.02. The molecule has 2 N–H and O–H groups in total. The van der Waals surface area contributed by atoms with Crippen LogP contribution in [0.3, 0.4) is 0 Å². The van der Waals surface area contributed by atoms with Gasteiger partial charge in [0.2, 0.25) is 0 Å². The summed E-state index contributed by atoms with van der Waals surface area (Å²) in [6.45, 7) is 4.01. The molecular formula is C23H20N2O6. The van der Waals surface area contributed by atoms with Crippen molar-refractivity contribution in [2.75, 3.05) is 11.5 Å². The van der Waals surface area contributed by atoms with Gasteiger partial charge in [-0.15, -0.1) is 0 Å². The first-order valence-corrected chi connectivity index (χ1v) is 9.67. The van der Waals surface area contributed by atoms with Crippen LogP contribution in [0.5, 0.6) is 11.5 Å². The Morgan fingerprint density at radius 2 is 1.90 bits per heavy atom. The Morgan fingerprint density at radius 3 is 2.52 bits per heavy atom. The number of carbonyl (C=O) groups excluding carboxylic acids is 2. The summed E-state index contributed by atoms with van der Waals surface area (Å²) in [5, 5.41) is 24.9. The minimum Gasteiger partial charge on any atom is -0.508 e. The van der Waals surface area contributed by atoms with E-state index in [1.54, 1.807) is 43.3 Å². The fraction of sp³-hybridized carbons (Fsp3) is 0.174. The number of aromatic nitrogens is 1. The van der Waals surface area contributed by atoms with Crippen LogP contribution in [0, 0.1) is 6.92 Å². The molecular weight excluding hydrogens is 400 g/mol. The van der Waals surface area contributed by atoms with Gasteiger partial charge in [0, 0.05) is 11.6 Å². The molecule has 1 atom stereocenters. The van der Waals surface area contributed by atoms with Crippen LogP contribution in [0.25, 0.3) is 5.76 Å². The number of phenolic OH excluding ortho intramolecular Hbond substituents is 1. The van der Waals surface area contributed by atoms with Crippen molar-refractivity contribution in [3.8, 4) is 11.5 Å². The molecule has 1 fully saturated rings. The Hall–Kier alpha value is -4.07. The predicted molar refractivity (Wildman–Crippen MR) is 112 cm³/mol. The van der Waals surface area contributed by atoms with E-state index in [2.05, 4.69) is 5.16 Å². The number of hydrogen-bond donors (Lipinski definition) is 2. The van der Waals surface area contributed by atoms with Crippen molar-refractivity contribution in [3.63, 3.8) is 0 Å². The lowest BCUT2D eigenvalue weighted by Crippen LogP contribution is -2.29. The van der Waals surface area contributed by atoms with E-state index >= 15 is 0 Å². The number of benzene rings is 2. The summed E-state index contributed by atoms with van der Waals surface area (Å²) < 4.78 is 10.5. The van der Waals surface area contributed by atoms with Gasteiger partial charge in [-0.3, -0.25) is 14.5 Å². The zero-order chi connectivity index (χ0) is 22.1. The highest BCUT2D eigenvalue weighted by Gasteiger charge is 2.48. The number of phenols is 1. The third kappa shape index (κ3) is 3.63. The third-order valence-corrected chi connectivity index (χ3v) is 4.93. The number of anilines is 1. The average Bonchev–Trinajstić information content (AvgIpc) is 3.29. The molecule has 8 nitrogen and oxygen atoms in total. The molecule has 3 aromatic rings. The van der Waals surface area contributed by atoms with Crippen LogP contribution in [-0.4, -0.2) is 33.7 Å². The Morgan fingerprint density at radius 1 is 1.16 bits per heavy atom. The monoisotopic (exact) mass is 420 g/mol. The number of aromatic hydroxyl groups is 1. The highest BCUT2D eigenvalue weighted by Crippen LogP contribution is 2.42. The average molecular weight is 420 g/mol. The highest BCUT2D eigenvalue weighted by molar-refractivity contribution is 6.51. The third-order valence-electron chi connectivity index (χ3n) is 4.93. The van der Waals surface area contributed by atoms with Gasteiger partial charge < -0.3 is 19.5 Å². The summed E-state index contributed by atoms with van der Waals surface area (Å²) in [7, 11) is 0. The van der Waals surface area contributed by atoms with Crippen molar-refractivity contribution in [2.45, 2.75) is 19.9 Å². The number of carbonyl (C=O) groups is 2. The van der Waals surface area contributed by atoms with Crippen LogP contribution >= 0.6 is 0 Å². The summed E-state index contributed by atoms with van der Waals surface area (Å²) in [6.07, 6.45) is 0. The first kappa shape index (κ1) is 20.2. The number of ether oxygens (including phenoxy) is 1. The quantitative estimate of drug-likeness (QED) is 0.367. The van der Waals surface area contributed by atoms with E-state index < -0.39 is 17.7 Å². The zero-order valence-electron chi connectivity index (χ0n) is 16.9. The maximum absolute atomic E-state index is 13.0. The largest absolute Gasteiger partial charge is 0.508 e. The first-order chi connectivity index (χ1) is 14.9. The van der Waals surface area contributed by atoms with Crippen molar-refractivity contribution in [3.05, 3.63) is 77.1 Å². The molecule has 2 heterocycles. The van der Waals surface area contributed by atoms with Crippen molar-refractivity contribution < 1.29 is 29.1 Å². The minimum absolute atomic E-state index is 0.0412. The van der Waals surface area contributed by atoms with Crippen LogP contribution in [-0.2, 0) is 9.59 Å². The molecule has 0 saturated carbocycles. The fourth-order valence-electron chi connectivity index (χ4n) is 3.58. The molecule has 1 saturated heterocycles. The van der Waals surface area contributed by atoms with Gasteiger partial charge in [0.1, 0.15) is 23.0 Å². The summed E-state index contributed by atoms with van der Waals surface area (Å²) in [6, 6.07) is 13.2. The second-order valence-corrected chi connectivity index (χ2v) is 7.02. The van der Waals surface area contributed by atoms with Crippen molar-refractivity contribution >= 4 is 23.3 Å². The van der Waals surface area contributed by atoms with Gasteiger partial charge >= 0.3 is 5.91 Å². The van der Waals surface area contributed by atoms with E-state index in [1.165, 1.54) is 18.2 Å². The van der Waals surface area contributed by atoms with Crippen LogP contribution in [0.2, 0.25) is 0 Å². The summed E-state index contributed by atoms with van der Waals surface area (Å²) in [4.78, 5) is 27.1. The summed E-state index contributed by atoms with van der Waals surface area (Å²) in [5.41, 5.74) is 0.677. The summed E-state index contributed by atoms with van der Waals surface area (Å²) in [5.74, 6) is -0.883. The molecule has 0 spiro atoms. The van der Waals surface area contributed by atoms with Crippen molar-refractivity contribution in [1.29, 1.82) is 0 Å².